The number of nitrogens with one attached hydrogen (secondary N) is 1. The predicted molar refractivity (Wildman–Crippen MR) is 220 cm³/mol. The molecule has 3 aliphatic carbocycles. The highest BCUT2D eigenvalue weighted by Gasteiger charge is 2.44. The third-order valence-corrected chi connectivity index (χ3v) is 13.4. The largest absolute Gasteiger partial charge is 0.508 e. The van der Waals surface area contributed by atoms with Crippen LogP contribution in [-0.4, -0.2) is 70.3 Å². The molecule has 11 nitrogen and oxygen atoms in total. The van der Waals surface area contributed by atoms with Crippen molar-refractivity contribution in [3.05, 3.63) is 64.7 Å². The summed E-state index contributed by atoms with van der Waals surface area (Å²) in [6.45, 7) is 1.30. The Labute approximate surface area is 335 Å². The summed E-state index contributed by atoms with van der Waals surface area (Å²) in [4.78, 5) is 30.0. The van der Waals surface area contributed by atoms with Crippen LogP contribution in [0.2, 0.25) is 0 Å². The second-order valence-corrected chi connectivity index (χ2v) is 17.0. The summed E-state index contributed by atoms with van der Waals surface area (Å²) >= 11 is 0. The number of hydrogen-bond donors (Lipinski definition) is 7. The van der Waals surface area contributed by atoms with E-state index in [-0.39, 0.29) is 29.7 Å². The summed E-state index contributed by atoms with van der Waals surface area (Å²) in [5.74, 6) is 8.32. The Morgan fingerprint density at radius 3 is 2.61 bits per heavy atom. The number of phenols is 2. The lowest BCUT2D eigenvalue weighted by molar-refractivity contribution is -0.124. The molecule has 9 N–H and O–H groups in total. The quantitative estimate of drug-likeness (QED) is 0.0717. The summed E-state index contributed by atoms with van der Waals surface area (Å²) in [5, 5.41) is 49.7. The van der Waals surface area contributed by atoms with E-state index in [1.807, 2.05) is 18.2 Å². The van der Waals surface area contributed by atoms with Crippen molar-refractivity contribution < 1.29 is 34.8 Å². The van der Waals surface area contributed by atoms with E-state index in [1.165, 1.54) is 7.11 Å². The van der Waals surface area contributed by atoms with Crippen molar-refractivity contribution in [2.45, 2.75) is 108 Å². The molecule has 9 unspecified atom stereocenters. The molecule has 57 heavy (non-hydrogen) atoms. The highest BCUT2D eigenvalue weighted by molar-refractivity contribution is 5.88. The van der Waals surface area contributed by atoms with Gasteiger partial charge in [0.05, 0.1) is 19.3 Å². The van der Waals surface area contributed by atoms with Gasteiger partial charge in [0.25, 0.3) is 0 Å². The average molecular weight is 779 g/mol. The van der Waals surface area contributed by atoms with Crippen molar-refractivity contribution in [1.82, 2.24) is 5.32 Å². The zero-order valence-electron chi connectivity index (χ0n) is 33.0. The maximum atomic E-state index is 13.8. The summed E-state index contributed by atoms with van der Waals surface area (Å²) in [7, 11) is 1.49. The second kappa shape index (κ2) is 17.9. The number of benzene rings is 3. The molecule has 1 aliphatic heterocycles. The van der Waals surface area contributed by atoms with Gasteiger partial charge in [-0.1, -0.05) is 30.4 Å². The van der Waals surface area contributed by atoms with Gasteiger partial charge in [-0.05, 0) is 151 Å². The SMILES string of the molecule is COc1cc2c(cc1O)C(CCC(O)c1cc(CCN=C(N)N)c3cc(O)ccc3c1)C#CC(C(O)CCC1CCC3C(CNC4CC(=O)CCC43)C1)C(=O)CC2. The van der Waals surface area contributed by atoms with E-state index < -0.39 is 24.0 Å². The number of ether oxygens (including phenoxy) is 1. The maximum absolute atomic E-state index is 13.8. The number of nitrogens with zero attached hydrogens (tertiary/aromatic N) is 1. The maximum Gasteiger partial charge on any atom is 0.185 e. The van der Waals surface area contributed by atoms with Gasteiger partial charge in [0.1, 0.15) is 17.5 Å². The first-order valence-electron chi connectivity index (χ1n) is 20.8. The van der Waals surface area contributed by atoms with Crippen molar-refractivity contribution in [3.63, 3.8) is 0 Å². The molecule has 0 spiro atoms. The number of aryl methyl sites for hydroxylation is 1. The highest BCUT2D eigenvalue weighted by Crippen LogP contribution is 2.46. The van der Waals surface area contributed by atoms with E-state index in [0.29, 0.717) is 98.3 Å². The zero-order valence-corrected chi connectivity index (χ0v) is 33.0. The van der Waals surface area contributed by atoms with E-state index in [1.54, 1.807) is 24.3 Å². The molecule has 11 heteroatoms. The number of carbonyl (C=O) groups is 2. The first-order valence-corrected chi connectivity index (χ1v) is 20.8. The molecule has 1 heterocycles. The molecule has 1 saturated heterocycles. The van der Waals surface area contributed by atoms with Crippen LogP contribution in [0, 0.1) is 41.4 Å². The number of fused-ring (bicyclic) bond motifs is 5. The van der Waals surface area contributed by atoms with Crippen molar-refractivity contribution in [1.29, 1.82) is 0 Å². The van der Waals surface area contributed by atoms with Crippen molar-refractivity contribution in [2.75, 3.05) is 20.2 Å². The Hall–Kier alpha value is -4.63. The monoisotopic (exact) mass is 778 g/mol. The van der Waals surface area contributed by atoms with E-state index >= 15 is 0 Å². The Morgan fingerprint density at radius 2 is 1.81 bits per heavy atom. The Morgan fingerprint density at radius 1 is 0.965 bits per heavy atom. The number of aliphatic hydroxyl groups excluding tert-OH is 2. The third-order valence-electron chi connectivity index (χ3n) is 13.4. The van der Waals surface area contributed by atoms with Crippen LogP contribution < -0.4 is 21.5 Å². The first-order chi connectivity index (χ1) is 27.5. The van der Waals surface area contributed by atoms with Crippen molar-refractivity contribution in [3.8, 4) is 29.1 Å². The van der Waals surface area contributed by atoms with Gasteiger partial charge in [-0.25, -0.2) is 0 Å². The summed E-state index contributed by atoms with van der Waals surface area (Å²) in [5.41, 5.74) is 14.3. The summed E-state index contributed by atoms with van der Waals surface area (Å²) in [6, 6.07) is 12.7. The summed E-state index contributed by atoms with van der Waals surface area (Å²) < 4.78 is 5.43. The molecule has 0 amide bonds. The number of phenolic OH excluding ortho intramolecular Hbond substituents is 2. The number of ketones is 2. The van der Waals surface area contributed by atoms with Crippen LogP contribution in [0.5, 0.6) is 17.2 Å². The molecule has 3 fully saturated rings. The second-order valence-electron chi connectivity index (χ2n) is 17.0. The van der Waals surface area contributed by atoms with Gasteiger partial charge in [-0.15, -0.1) is 0 Å². The van der Waals surface area contributed by atoms with Crippen LogP contribution in [0.25, 0.3) is 10.8 Å². The minimum atomic E-state index is -0.897. The summed E-state index contributed by atoms with van der Waals surface area (Å²) in [6.07, 6.45) is 7.19. The molecule has 2 saturated carbocycles. The topological polar surface area (TPSA) is 201 Å². The van der Waals surface area contributed by atoms with Crippen LogP contribution in [0.4, 0.5) is 0 Å². The fourth-order valence-electron chi connectivity index (χ4n) is 10.4. The molecule has 3 aromatic rings. The number of nitrogens with two attached hydrogens (primary N) is 2. The number of aliphatic hydroxyl groups is 2. The standard InChI is InChI=1S/C46H58N4O7/c1-57-45-21-29-7-15-43(55)37(42(54)13-3-26-2-10-35-32(18-26)25-50-40-23-34(52)9-12-36(35)40)11-5-27(39(29)24-44(45)56)6-14-41(53)31-19-28-4-8-33(51)22-38(28)30(20-31)16-17-49-46(47)48/h4,8,19-22,24,26-27,32,35-37,40-42,50-51,53-54,56H,2-3,6-7,9-10,12-18,23,25H2,1H3,(H4,47,48,49). The Balaban J connectivity index is 1.07. The fraction of sp³-hybridized carbons (Fsp3) is 0.543. The lowest BCUT2D eigenvalue weighted by Crippen LogP contribution is -2.54. The van der Waals surface area contributed by atoms with Crippen LogP contribution in [-0.2, 0) is 22.4 Å². The van der Waals surface area contributed by atoms with Gasteiger partial charge in [0.2, 0.25) is 0 Å². The third kappa shape index (κ3) is 9.41. The van der Waals surface area contributed by atoms with E-state index in [9.17, 15) is 30.0 Å². The molecule has 7 rings (SSSR count). The van der Waals surface area contributed by atoms with E-state index in [2.05, 4.69) is 22.2 Å². The predicted octanol–water partition coefficient (Wildman–Crippen LogP) is 5.32. The number of piperidine rings is 1. The Kier molecular flexibility index (Phi) is 12.7. The van der Waals surface area contributed by atoms with Gasteiger partial charge in [0.15, 0.2) is 23.2 Å². The van der Waals surface area contributed by atoms with E-state index in [0.717, 1.165) is 66.1 Å². The highest BCUT2D eigenvalue weighted by atomic mass is 16.5. The molecule has 0 radical (unpaired) electrons. The van der Waals surface area contributed by atoms with Crippen LogP contribution in [0.3, 0.4) is 0 Å². The molecule has 0 aromatic heterocycles. The zero-order chi connectivity index (χ0) is 40.2. The number of methoxy groups -OCH3 is 1. The molecular weight excluding hydrogens is 721 g/mol. The molecular formula is C46H58N4O7. The number of aliphatic imine (C=N–C) groups is 1. The van der Waals surface area contributed by atoms with Crippen LogP contribution in [0.15, 0.2) is 47.5 Å². The fourth-order valence-corrected chi connectivity index (χ4v) is 10.4. The molecule has 3 aromatic carbocycles. The number of guanidine groups is 1. The van der Waals surface area contributed by atoms with Crippen LogP contribution in [0.1, 0.15) is 105 Å². The van der Waals surface area contributed by atoms with Gasteiger partial charge < -0.3 is 41.9 Å². The number of Topliss-reactive ketones (excluding diaryl/α,β-unsaturated/α-hetero) is 2. The minimum absolute atomic E-state index is 0.00709. The molecule has 304 valence electrons. The van der Waals surface area contributed by atoms with Gasteiger partial charge in [-0.3, -0.25) is 14.6 Å². The molecule has 9 atom stereocenters. The number of carbonyl (C=O) groups excluding carboxylic acids is 2. The minimum Gasteiger partial charge on any atom is -0.508 e. The molecule has 4 aliphatic rings. The van der Waals surface area contributed by atoms with Crippen LogP contribution >= 0.6 is 0 Å². The lowest BCUT2D eigenvalue weighted by Gasteiger charge is -2.49. The van der Waals surface area contributed by atoms with Crippen molar-refractivity contribution in [2.24, 2.45) is 46.0 Å². The average Bonchev–Trinajstić information content (AvgIpc) is 3.25. The van der Waals surface area contributed by atoms with Gasteiger partial charge >= 0.3 is 0 Å². The number of hydrogen-bond acceptors (Lipinski definition) is 9. The lowest BCUT2D eigenvalue weighted by atomic mass is 9.61. The first kappa shape index (κ1) is 40.6. The smallest absolute Gasteiger partial charge is 0.185 e. The van der Waals surface area contributed by atoms with E-state index in [4.69, 9.17) is 16.2 Å². The van der Waals surface area contributed by atoms with Crippen molar-refractivity contribution >= 4 is 28.3 Å². The van der Waals surface area contributed by atoms with Gasteiger partial charge in [-0.2, -0.15) is 0 Å². The molecule has 0 bridgehead atoms. The van der Waals surface area contributed by atoms with Gasteiger partial charge in [0, 0.05) is 37.8 Å². The normalized spacial score (nSPS) is 27.0. The number of rotatable bonds is 12. The Bertz CT molecular complexity index is 2050. The number of aromatic hydroxyl groups is 2.